The van der Waals surface area contributed by atoms with Crippen molar-refractivity contribution in [2.45, 2.75) is 6.92 Å². The Morgan fingerprint density at radius 2 is 1.90 bits per heavy atom. The van der Waals surface area contributed by atoms with Crippen LogP contribution < -0.4 is 4.74 Å². The molecule has 0 aliphatic heterocycles. The van der Waals surface area contributed by atoms with Gasteiger partial charge in [0.25, 0.3) is 5.89 Å². The Kier molecular flexibility index (Phi) is 4.01. The first-order valence-corrected chi connectivity index (χ1v) is 7.38. The van der Waals surface area contributed by atoms with E-state index in [1.165, 1.54) is 0 Å². The number of halogens is 1. The van der Waals surface area contributed by atoms with Crippen molar-refractivity contribution in [1.29, 1.82) is 0 Å². The number of benzene rings is 2. The van der Waals surface area contributed by atoms with E-state index in [1.807, 2.05) is 55.5 Å². The van der Waals surface area contributed by atoms with Crippen LogP contribution in [0.1, 0.15) is 6.92 Å². The highest BCUT2D eigenvalue weighted by Crippen LogP contribution is 2.25. The summed E-state index contributed by atoms with van der Waals surface area (Å²) in [4.78, 5) is 4.43. The molecule has 0 fully saturated rings. The largest absolute Gasteiger partial charge is 0.494 e. The van der Waals surface area contributed by atoms with Gasteiger partial charge in [0.15, 0.2) is 0 Å². The molecule has 0 spiro atoms. The lowest BCUT2D eigenvalue weighted by molar-refractivity contribution is 0.340. The predicted octanol–water partition coefficient (Wildman–Crippen LogP) is 4.56. The Hall–Kier alpha value is -2.14. The predicted molar refractivity (Wildman–Crippen MR) is 84.0 cm³/mol. The summed E-state index contributed by atoms with van der Waals surface area (Å²) in [6.45, 7) is 2.60. The molecule has 0 saturated heterocycles. The van der Waals surface area contributed by atoms with Crippen molar-refractivity contribution >= 4 is 15.9 Å². The first kappa shape index (κ1) is 13.8. The summed E-state index contributed by atoms with van der Waals surface area (Å²) in [5.41, 5.74) is 1.78. The summed E-state index contributed by atoms with van der Waals surface area (Å²) in [7, 11) is 0. The molecule has 4 nitrogen and oxygen atoms in total. The SMILES string of the molecule is CCOc1ccc(-c2nc(-c3cccc(Br)c3)no2)cc1. The van der Waals surface area contributed by atoms with Crippen LogP contribution in [-0.4, -0.2) is 16.7 Å². The highest BCUT2D eigenvalue weighted by atomic mass is 79.9. The van der Waals surface area contributed by atoms with Crippen LogP contribution in [0.2, 0.25) is 0 Å². The fourth-order valence-electron chi connectivity index (χ4n) is 1.95. The van der Waals surface area contributed by atoms with E-state index in [2.05, 4.69) is 26.1 Å². The molecular formula is C16H13BrN2O2. The van der Waals surface area contributed by atoms with Gasteiger partial charge >= 0.3 is 0 Å². The summed E-state index contributed by atoms with van der Waals surface area (Å²) in [5, 5.41) is 4.02. The smallest absolute Gasteiger partial charge is 0.258 e. The van der Waals surface area contributed by atoms with Crippen LogP contribution in [-0.2, 0) is 0 Å². The summed E-state index contributed by atoms with van der Waals surface area (Å²) < 4.78 is 11.7. The molecule has 5 heteroatoms. The zero-order valence-electron chi connectivity index (χ0n) is 11.4. The summed E-state index contributed by atoms with van der Waals surface area (Å²) in [5.74, 6) is 1.89. The zero-order valence-corrected chi connectivity index (χ0v) is 13.0. The minimum absolute atomic E-state index is 0.494. The fraction of sp³-hybridized carbons (Fsp3) is 0.125. The molecule has 2 aromatic carbocycles. The van der Waals surface area contributed by atoms with Crippen LogP contribution in [0.4, 0.5) is 0 Å². The maximum atomic E-state index is 5.41. The maximum absolute atomic E-state index is 5.41. The number of aromatic nitrogens is 2. The van der Waals surface area contributed by atoms with Gasteiger partial charge in [-0.2, -0.15) is 4.98 Å². The average Bonchev–Trinajstić information content (AvgIpc) is 2.98. The summed E-state index contributed by atoms with van der Waals surface area (Å²) >= 11 is 3.43. The van der Waals surface area contributed by atoms with Gasteiger partial charge in [-0.1, -0.05) is 33.2 Å². The molecule has 1 heterocycles. The van der Waals surface area contributed by atoms with Crippen LogP contribution in [0.3, 0.4) is 0 Å². The molecule has 0 bridgehead atoms. The topological polar surface area (TPSA) is 48.2 Å². The van der Waals surface area contributed by atoms with E-state index in [4.69, 9.17) is 9.26 Å². The molecule has 0 aliphatic carbocycles. The van der Waals surface area contributed by atoms with Gasteiger partial charge in [-0.05, 0) is 43.3 Å². The molecule has 3 aromatic rings. The van der Waals surface area contributed by atoms with Gasteiger partial charge in [0, 0.05) is 15.6 Å². The molecule has 0 unspecified atom stereocenters. The highest BCUT2D eigenvalue weighted by Gasteiger charge is 2.10. The van der Waals surface area contributed by atoms with Crippen molar-refractivity contribution in [2.75, 3.05) is 6.61 Å². The van der Waals surface area contributed by atoms with Gasteiger partial charge in [0.2, 0.25) is 5.82 Å². The quantitative estimate of drug-likeness (QED) is 0.695. The standard InChI is InChI=1S/C16H13BrN2O2/c1-2-20-14-8-6-11(7-9-14)16-18-15(19-21-16)12-4-3-5-13(17)10-12/h3-10H,2H2,1H3. The van der Waals surface area contributed by atoms with Crippen LogP contribution >= 0.6 is 15.9 Å². The number of hydrogen-bond acceptors (Lipinski definition) is 4. The lowest BCUT2D eigenvalue weighted by Gasteiger charge is -2.02. The van der Waals surface area contributed by atoms with Crippen LogP contribution in [0.15, 0.2) is 57.5 Å². The highest BCUT2D eigenvalue weighted by molar-refractivity contribution is 9.10. The van der Waals surface area contributed by atoms with E-state index in [0.717, 1.165) is 21.3 Å². The molecule has 1 aromatic heterocycles. The van der Waals surface area contributed by atoms with Crippen LogP contribution in [0.5, 0.6) is 5.75 Å². The van der Waals surface area contributed by atoms with Gasteiger partial charge < -0.3 is 9.26 Å². The third-order valence-electron chi connectivity index (χ3n) is 2.92. The van der Waals surface area contributed by atoms with E-state index in [0.29, 0.717) is 18.3 Å². The number of hydrogen-bond donors (Lipinski definition) is 0. The third-order valence-corrected chi connectivity index (χ3v) is 3.41. The fourth-order valence-corrected chi connectivity index (χ4v) is 2.35. The monoisotopic (exact) mass is 344 g/mol. The van der Waals surface area contributed by atoms with Crippen molar-refractivity contribution in [3.8, 4) is 28.6 Å². The van der Waals surface area contributed by atoms with E-state index < -0.39 is 0 Å². The number of rotatable bonds is 4. The Labute approximate surface area is 130 Å². The molecule has 0 saturated carbocycles. The second kappa shape index (κ2) is 6.10. The molecule has 3 rings (SSSR count). The zero-order chi connectivity index (χ0) is 14.7. The Balaban J connectivity index is 1.87. The minimum Gasteiger partial charge on any atom is -0.494 e. The van der Waals surface area contributed by atoms with Gasteiger partial charge in [0.05, 0.1) is 6.61 Å². The van der Waals surface area contributed by atoms with E-state index >= 15 is 0 Å². The van der Waals surface area contributed by atoms with Crippen molar-refractivity contribution in [3.05, 3.63) is 53.0 Å². The van der Waals surface area contributed by atoms with E-state index in [-0.39, 0.29) is 0 Å². The van der Waals surface area contributed by atoms with E-state index in [1.54, 1.807) is 0 Å². The summed E-state index contributed by atoms with van der Waals surface area (Å²) in [6.07, 6.45) is 0. The molecular weight excluding hydrogens is 332 g/mol. The second-order valence-electron chi connectivity index (χ2n) is 4.39. The van der Waals surface area contributed by atoms with Crippen molar-refractivity contribution in [1.82, 2.24) is 10.1 Å². The minimum atomic E-state index is 0.494. The molecule has 0 amide bonds. The third kappa shape index (κ3) is 3.13. The average molecular weight is 345 g/mol. The van der Waals surface area contributed by atoms with Gasteiger partial charge in [0.1, 0.15) is 5.75 Å². The van der Waals surface area contributed by atoms with Gasteiger partial charge in [-0.3, -0.25) is 0 Å². The Bertz CT molecular complexity index is 738. The summed E-state index contributed by atoms with van der Waals surface area (Å²) in [6, 6.07) is 15.4. The van der Waals surface area contributed by atoms with Crippen molar-refractivity contribution in [2.24, 2.45) is 0 Å². The normalized spacial score (nSPS) is 10.6. The second-order valence-corrected chi connectivity index (χ2v) is 5.31. The molecule has 0 radical (unpaired) electrons. The van der Waals surface area contributed by atoms with Crippen molar-refractivity contribution in [3.63, 3.8) is 0 Å². The Morgan fingerprint density at radius 1 is 1.10 bits per heavy atom. The Morgan fingerprint density at radius 3 is 2.62 bits per heavy atom. The van der Waals surface area contributed by atoms with Gasteiger partial charge in [-0.25, -0.2) is 0 Å². The molecule has 0 N–H and O–H groups in total. The van der Waals surface area contributed by atoms with Crippen molar-refractivity contribution < 1.29 is 9.26 Å². The molecule has 21 heavy (non-hydrogen) atoms. The van der Waals surface area contributed by atoms with Gasteiger partial charge in [-0.15, -0.1) is 0 Å². The van der Waals surface area contributed by atoms with E-state index in [9.17, 15) is 0 Å². The van der Waals surface area contributed by atoms with Crippen LogP contribution in [0.25, 0.3) is 22.8 Å². The maximum Gasteiger partial charge on any atom is 0.258 e. The number of nitrogens with zero attached hydrogens (tertiary/aromatic N) is 2. The van der Waals surface area contributed by atoms with Crippen LogP contribution in [0, 0.1) is 0 Å². The first-order valence-electron chi connectivity index (χ1n) is 6.59. The molecule has 0 atom stereocenters. The lowest BCUT2D eigenvalue weighted by Crippen LogP contribution is -1.90. The lowest BCUT2D eigenvalue weighted by atomic mass is 10.2. The molecule has 106 valence electrons. The number of ether oxygens (including phenoxy) is 1. The molecule has 0 aliphatic rings. The first-order chi connectivity index (χ1) is 10.3.